The standard InChI is InChI=1S/C13H24N4O5/c1-6(2)4-9(12(20)16-7(3)13(21)22)17-11(19)8(14)5-10(15)18/h6-9H,4-5,14H2,1-3H3,(H2,15,18)(H,16,20)(H,17,19)(H,21,22)/t7-,8-,9-/m0/s1. The van der Waals surface area contributed by atoms with Gasteiger partial charge in [0.25, 0.3) is 0 Å². The molecule has 0 radical (unpaired) electrons. The van der Waals surface area contributed by atoms with Crippen LogP contribution in [0.3, 0.4) is 0 Å². The number of hydrogen-bond acceptors (Lipinski definition) is 5. The van der Waals surface area contributed by atoms with E-state index in [1.165, 1.54) is 6.92 Å². The maximum absolute atomic E-state index is 12.1. The summed E-state index contributed by atoms with van der Waals surface area (Å²) in [5.74, 6) is -3.16. The lowest BCUT2D eigenvalue weighted by Crippen LogP contribution is -2.54. The molecule has 0 aliphatic rings. The van der Waals surface area contributed by atoms with Gasteiger partial charge in [-0.15, -0.1) is 0 Å². The van der Waals surface area contributed by atoms with E-state index >= 15 is 0 Å². The fourth-order valence-electron chi connectivity index (χ4n) is 1.67. The largest absolute Gasteiger partial charge is 0.480 e. The van der Waals surface area contributed by atoms with Crippen LogP contribution in [0.5, 0.6) is 0 Å². The second kappa shape index (κ2) is 8.98. The van der Waals surface area contributed by atoms with E-state index in [1.807, 2.05) is 13.8 Å². The molecule has 0 saturated carbocycles. The Morgan fingerprint density at radius 3 is 2.00 bits per heavy atom. The number of carboxylic acid groups (broad SMARTS) is 1. The van der Waals surface area contributed by atoms with Crippen molar-refractivity contribution in [1.29, 1.82) is 0 Å². The summed E-state index contributed by atoms with van der Waals surface area (Å²) in [6, 6.07) is -3.18. The predicted molar refractivity (Wildman–Crippen MR) is 78.4 cm³/mol. The molecule has 0 fully saturated rings. The molecule has 0 aromatic rings. The van der Waals surface area contributed by atoms with Crippen molar-refractivity contribution in [2.75, 3.05) is 0 Å². The number of nitrogens with one attached hydrogen (secondary N) is 2. The number of amides is 3. The van der Waals surface area contributed by atoms with Crippen LogP contribution >= 0.6 is 0 Å². The van der Waals surface area contributed by atoms with Crippen molar-refractivity contribution in [3.05, 3.63) is 0 Å². The summed E-state index contributed by atoms with van der Waals surface area (Å²) in [5, 5.41) is 13.5. The van der Waals surface area contributed by atoms with Crippen molar-refractivity contribution in [3.63, 3.8) is 0 Å². The molecule has 3 amide bonds. The van der Waals surface area contributed by atoms with Gasteiger partial charge in [-0.2, -0.15) is 0 Å². The molecule has 0 aromatic heterocycles. The van der Waals surface area contributed by atoms with Crippen LogP contribution in [0.1, 0.15) is 33.6 Å². The Kier molecular flexibility index (Phi) is 8.10. The maximum Gasteiger partial charge on any atom is 0.325 e. The van der Waals surface area contributed by atoms with Crippen LogP contribution in [0.15, 0.2) is 0 Å². The summed E-state index contributed by atoms with van der Waals surface area (Å²) in [7, 11) is 0. The van der Waals surface area contributed by atoms with Crippen molar-refractivity contribution in [1.82, 2.24) is 10.6 Å². The van der Waals surface area contributed by atoms with Crippen LogP contribution in [0, 0.1) is 5.92 Å². The van der Waals surface area contributed by atoms with Gasteiger partial charge in [0.1, 0.15) is 12.1 Å². The molecule has 9 heteroatoms. The Morgan fingerprint density at radius 2 is 1.59 bits per heavy atom. The highest BCUT2D eigenvalue weighted by atomic mass is 16.4. The fourth-order valence-corrected chi connectivity index (χ4v) is 1.67. The Bertz CT molecular complexity index is 438. The van der Waals surface area contributed by atoms with Crippen molar-refractivity contribution in [3.8, 4) is 0 Å². The van der Waals surface area contributed by atoms with Gasteiger partial charge >= 0.3 is 5.97 Å². The topological polar surface area (TPSA) is 165 Å². The minimum atomic E-state index is -1.19. The summed E-state index contributed by atoms with van der Waals surface area (Å²) >= 11 is 0. The molecule has 0 aliphatic carbocycles. The zero-order valence-corrected chi connectivity index (χ0v) is 13.0. The van der Waals surface area contributed by atoms with Crippen LogP contribution in [-0.4, -0.2) is 46.9 Å². The SMILES string of the molecule is CC(C)C[C@H](NC(=O)[C@@H](N)CC(N)=O)C(=O)N[C@@H](C)C(=O)O. The number of rotatable bonds is 9. The molecule has 22 heavy (non-hydrogen) atoms. The monoisotopic (exact) mass is 316 g/mol. The minimum Gasteiger partial charge on any atom is -0.480 e. The summed E-state index contributed by atoms with van der Waals surface area (Å²) in [6.07, 6.45) is -0.0411. The first-order valence-corrected chi connectivity index (χ1v) is 6.92. The molecule has 7 N–H and O–H groups in total. The highest BCUT2D eigenvalue weighted by molar-refractivity contribution is 5.93. The molecule has 0 aliphatic heterocycles. The molecule has 0 saturated heterocycles. The third kappa shape index (κ3) is 7.58. The van der Waals surface area contributed by atoms with Crippen LogP contribution in [0.25, 0.3) is 0 Å². The molecule has 126 valence electrons. The van der Waals surface area contributed by atoms with Crippen LogP contribution < -0.4 is 22.1 Å². The van der Waals surface area contributed by atoms with Gasteiger partial charge in [-0.1, -0.05) is 13.8 Å². The molecule has 9 nitrogen and oxygen atoms in total. The highest BCUT2D eigenvalue weighted by Gasteiger charge is 2.27. The van der Waals surface area contributed by atoms with E-state index in [0.29, 0.717) is 6.42 Å². The first kappa shape index (κ1) is 19.8. The number of carbonyl (C=O) groups excluding carboxylic acids is 3. The van der Waals surface area contributed by atoms with E-state index in [0.717, 1.165) is 0 Å². The summed E-state index contributed by atoms with van der Waals surface area (Å²) in [6.45, 7) is 5.00. The Labute approximate surface area is 128 Å². The van der Waals surface area contributed by atoms with Gasteiger partial charge in [-0.25, -0.2) is 0 Å². The number of carboxylic acids is 1. The lowest BCUT2D eigenvalue weighted by molar-refractivity contribution is -0.141. The van der Waals surface area contributed by atoms with E-state index in [2.05, 4.69) is 10.6 Å². The fraction of sp³-hybridized carbons (Fsp3) is 0.692. The molecule has 0 unspecified atom stereocenters. The minimum absolute atomic E-state index is 0.0727. The molecule has 3 atom stereocenters. The Hall–Kier alpha value is -2.16. The van der Waals surface area contributed by atoms with Crippen LogP contribution in [0.2, 0.25) is 0 Å². The van der Waals surface area contributed by atoms with E-state index in [-0.39, 0.29) is 12.3 Å². The van der Waals surface area contributed by atoms with E-state index in [4.69, 9.17) is 16.6 Å². The van der Waals surface area contributed by atoms with Crippen molar-refractivity contribution >= 4 is 23.7 Å². The zero-order valence-electron chi connectivity index (χ0n) is 13.0. The summed E-state index contributed by atoms with van der Waals surface area (Å²) in [4.78, 5) is 45.4. The number of aliphatic carboxylic acids is 1. The number of hydrogen-bond donors (Lipinski definition) is 5. The molecule has 0 heterocycles. The molecular weight excluding hydrogens is 292 g/mol. The number of carbonyl (C=O) groups is 4. The second-order valence-electron chi connectivity index (χ2n) is 5.54. The van der Waals surface area contributed by atoms with E-state index in [1.54, 1.807) is 0 Å². The van der Waals surface area contributed by atoms with Gasteiger partial charge in [0.2, 0.25) is 17.7 Å². The lowest BCUT2D eigenvalue weighted by Gasteiger charge is -2.22. The first-order chi connectivity index (χ1) is 10.0. The quantitative estimate of drug-likeness (QED) is 0.340. The molecule has 0 bridgehead atoms. The summed E-state index contributed by atoms with van der Waals surface area (Å²) < 4.78 is 0. The highest BCUT2D eigenvalue weighted by Crippen LogP contribution is 2.06. The molecule has 0 spiro atoms. The predicted octanol–water partition coefficient (Wildman–Crippen LogP) is -1.69. The van der Waals surface area contributed by atoms with Crippen molar-refractivity contribution in [2.45, 2.75) is 51.7 Å². The Balaban J connectivity index is 4.83. The van der Waals surface area contributed by atoms with Crippen LogP contribution in [0.4, 0.5) is 0 Å². The summed E-state index contributed by atoms with van der Waals surface area (Å²) in [5.41, 5.74) is 10.5. The third-order valence-corrected chi connectivity index (χ3v) is 2.83. The lowest BCUT2D eigenvalue weighted by atomic mass is 10.0. The van der Waals surface area contributed by atoms with Crippen molar-refractivity contribution in [2.24, 2.45) is 17.4 Å². The first-order valence-electron chi connectivity index (χ1n) is 6.92. The van der Waals surface area contributed by atoms with Crippen molar-refractivity contribution < 1.29 is 24.3 Å². The van der Waals surface area contributed by atoms with E-state index < -0.39 is 41.8 Å². The molecule has 0 rings (SSSR count). The van der Waals surface area contributed by atoms with Gasteiger partial charge in [0, 0.05) is 0 Å². The maximum atomic E-state index is 12.1. The smallest absolute Gasteiger partial charge is 0.325 e. The van der Waals surface area contributed by atoms with Crippen LogP contribution in [-0.2, 0) is 19.2 Å². The average molecular weight is 316 g/mol. The normalized spacial score (nSPS) is 14.8. The van der Waals surface area contributed by atoms with Gasteiger partial charge in [-0.05, 0) is 19.3 Å². The molecular formula is C13H24N4O5. The number of primary amides is 1. The van der Waals surface area contributed by atoms with Gasteiger partial charge in [0.15, 0.2) is 0 Å². The third-order valence-electron chi connectivity index (χ3n) is 2.83. The van der Waals surface area contributed by atoms with Gasteiger partial charge in [-0.3, -0.25) is 19.2 Å². The zero-order chi connectivity index (χ0) is 17.4. The van der Waals surface area contributed by atoms with Gasteiger partial charge < -0.3 is 27.2 Å². The van der Waals surface area contributed by atoms with E-state index in [9.17, 15) is 19.2 Å². The molecule has 0 aromatic carbocycles. The second-order valence-corrected chi connectivity index (χ2v) is 5.54. The Morgan fingerprint density at radius 1 is 1.05 bits per heavy atom. The van der Waals surface area contributed by atoms with Gasteiger partial charge in [0.05, 0.1) is 12.5 Å². The average Bonchev–Trinajstić information content (AvgIpc) is 2.35. The number of nitrogens with two attached hydrogens (primary N) is 2.